The zero-order valence-corrected chi connectivity index (χ0v) is 18.3. The van der Waals surface area contributed by atoms with Gasteiger partial charge in [-0.1, -0.05) is 22.9 Å². The number of halogens is 1. The van der Waals surface area contributed by atoms with Crippen LogP contribution in [-0.2, 0) is 14.4 Å². The largest absolute Gasteiger partial charge is 0.493 e. The number of methoxy groups -OCH3 is 2. The van der Waals surface area contributed by atoms with E-state index >= 15 is 0 Å². The Bertz CT molecular complexity index is 1140. The van der Waals surface area contributed by atoms with Gasteiger partial charge in [0, 0.05) is 16.8 Å². The minimum Gasteiger partial charge on any atom is -0.493 e. The van der Waals surface area contributed by atoms with Crippen LogP contribution in [0.3, 0.4) is 0 Å². The minimum atomic E-state index is -1.02. The highest BCUT2D eigenvalue weighted by molar-refractivity contribution is 6.31. The van der Waals surface area contributed by atoms with Crippen molar-refractivity contribution in [3.05, 3.63) is 47.0 Å². The molecule has 0 saturated carbocycles. The van der Waals surface area contributed by atoms with Crippen molar-refractivity contribution < 1.29 is 23.9 Å². The molecule has 2 aliphatic rings. The summed E-state index contributed by atoms with van der Waals surface area (Å²) in [5, 5.41) is 12.3. The number of carbonyl (C=O) groups is 3. The lowest BCUT2D eigenvalue weighted by Gasteiger charge is -2.21. The molecule has 2 aromatic carbocycles. The summed E-state index contributed by atoms with van der Waals surface area (Å²) in [4.78, 5) is 39.6. The van der Waals surface area contributed by atoms with Crippen molar-refractivity contribution in [2.45, 2.75) is 19.0 Å². The van der Waals surface area contributed by atoms with E-state index in [0.29, 0.717) is 27.9 Å². The van der Waals surface area contributed by atoms with Crippen LogP contribution in [0.4, 0.5) is 11.4 Å². The fourth-order valence-corrected chi connectivity index (χ4v) is 3.83. The number of carbonyl (C=O) groups excluding carboxylic acids is 3. The predicted molar refractivity (Wildman–Crippen MR) is 116 cm³/mol. The van der Waals surface area contributed by atoms with Crippen molar-refractivity contribution in [1.29, 1.82) is 0 Å². The van der Waals surface area contributed by atoms with E-state index in [1.807, 2.05) is 0 Å². The van der Waals surface area contributed by atoms with Gasteiger partial charge in [0.1, 0.15) is 6.54 Å². The number of anilines is 2. The highest BCUT2D eigenvalue weighted by Gasteiger charge is 2.55. The van der Waals surface area contributed by atoms with Crippen molar-refractivity contribution in [3.63, 3.8) is 0 Å². The van der Waals surface area contributed by atoms with Crippen LogP contribution in [0.25, 0.3) is 0 Å². The normalized spacial score (nSPS) is 19.4. The molecule has 11 heteroatoms. The molecular weight excluding hydrogens is 438 g/mol. The number of imide groups is 1. The SMILES string of the molecule is COc1ccc(N2C(=O)[C@@H]3N=NN(CC(=O)Nc4cccc(Cl)c4C)[C@H]3C2=O)cc1OC. The third-order valence-electron chi connectivity index (χ3n) is 5.33. The number of fused-ring (bicyclic) bond motifs is 1. The first-order valence-electron chi connectivity index (χ1n) is 9.68. The zero-order valence-electron chi connectivity index (χ0n) is 17.5. The number of hydrogen-bond donors (Lipinski definition) is 1. The molecule has 0 radical (unpaired) electrons. The Hall–Kier alpha value is -3.66. The Labute approximate surface area is 188 Å². The number of hydrogen-bond acceptors (Lipinski definition) is 8. The third kappa shape index (κ3) is 3.62. The topological polar surface area (TPSA) is 113 Å². The molecular formula is C21H20ClN5O5. The van der Waals surface area contributed by atoms with Gasteiger partial charge in [-0.2, -0.15) is 5.11 Å². The summed E-state index contributed by atoms with van der Waals surface area (Å²) in [6, 6.07) is 7.85. The van der Waals surface area contributed by atoms with E-state index in [0.717, 1.165) is 10.5 Å². The first-order chi connectivity index (χ1) is 15.3. The van der Waals surface area contributed by atoms with E-state index in [-0.39, 0.29) is 6.54 Å². The third-order valence-corrected chi connectivity index (χ3v) is 5.74. The van der Waals surface area contributed by atoms with Crippen LogP contribution >= 0.6 is 11.6 Å². The number of nitrogens with one attached hydrogen (secondary N) is 1. The Balaban J connectivity index is 1.52. The molecule has 2 aromatic rings. The average Bonchev–Trinajstić information content (AvgIpc) is 3.30. The number of nitrogens with zero attached hydrogens (tertiary/aromatic N) is 4. The van der Waals surface area contributed by atoms with Crippen LogP contribution in [-0.4, -0.2) is 55.6 Å². The fraction of sp³-hybridized carbons (Fsp3) is 0.286. The van der Waals surface area contributed by atoms with Gasteiger partial charge >= 0.3 is 0 Å². The van der Waals surface area contributed by atoms with Crippen LogP contribution in [0.2, 0.25) is 5.02 Å². The average molecular weight is 458 g/mol. The molecule has 3 amide bonds. The maximum Gasteiger partial charge on any atom is 0.263 e. The molecule has 4 rings (SSSR count). The second-order valence-corrected chi connectivity index (χ2v) is 7.61. The summed E-state index contributed by atoms with van der Waals surface area (Å²) in [6.45, 7) is 1.53. The molecule has 0 bridgehead atoms. The lowest BCUT2D eigenvalue weighted by Crippen LogP contribution is -2.43. The first kappa shape index (κ1) is 21.6. The van der Waals surface area contributed by atoms with E-state index in [4.69, 9.17) is 21.1 Å². The summed E-state index contributed by atoms with van der Waals surface area (Å²) in [5.74, 6) is -0.629. The Morgan fingerprint density at radius 2 is 1.88 bits per heavy atom. The quantitative estimate of drug-likeness (QED) is 0.667. The van der Waals surface area contributed by atoms with Crippen LogP contribution in [0.1, 0.15) is 5.56 Å². The maximum absolute atomic E-state index is 13.1. The number of amides is 3. The molecule has 2 heterocycles. The van der Waals surface area contributed by atoms with E-state index < -0.39 is 29.8 Å². The van der Waals surface area contributed by atoms with Crippen LogP contribution < -0.4 is 19.7 Å². The molecule has 2 aliphatic heterocycles. The standard InChI is InChI=1S/C21H20ClN5O5/c1-11-13(22)5-4-6-14(11)23-17(28)10-26-19-18(24-25-26)20(29)27(21(19)30)12-7-8-15(31-2)16(9-12)32-3/h4-9,18-19H,10H2,1-3H3,(H,23,28)/t18-,19-/m1/s1. The van der Waals surface area contributed by atoms with Gasteiger partial charge in [-0.15, -0.1) is 0 Å². The summed E-state index contributed by atoms with van der Waals surface area (Å²) in [6.07, 6.45) is 0. The van der Waals surface area contributed by atoms with Crippen molar-refractivity contribution >= 4 is 40.7 Å². The Kier molecular flexibility index (Phi) is 5.70. The lowest BCUT2D eigenvalue weighted by molar-refractivity contribution is -0.123. The van der Waals surface area contributed by atoms with Gasteiger partial charge in [0.05, 0.1) is 19.9 Å². The van der Waals surface area contributed by atoms with Crippen LogP contribution in [0.5, 0.6) is 11.5 Å². The van der Waals surface area contributed by atoms with E-state index in [1.54, 1.807) is 37.3 Å². The number of benzene rings is 2. The first-order valence-corrected chi connectivity index (χ1v) is 10.1. The van der Waals surface area contributed by atoms with Crippen molar-refractivity contribution in [1.82, 2.24) is 5.01 Å². The second kappa shape index (κ2) is 8.46. The second-order valence-electron chi connectivity index (χ2n) is 7.20. The van der Waals surface area contributed by atoms with Gasteiger partial charge in [0.25, 0.3) is 11.8 Å². The molecule has 32 heavy (non-hydrogen) atoms. The van der Waals surface area contributed by atoms with Crippen molar-refractivity contribution in [2.24, 2.45) is 10.3 Å². The molecule has 1 N–H and O–H groups in total. The van der Waals surface area contributed by atoms with Gasteiger partial charge in [0.15, 0.2) is 23.6 Å². The molecule has 0 spiro atoms. The Morgan fingerprint density at radius 1 is 1.12 bits per heavy atom. The van der Waals surface area contributed by atoms with Gasteiger partial charge < -0.3 is 14.8 Å². The van der Waals surface area contributed by atoms with Crippen molar-refractivity contribution in [3.8, 4) is 11.5 Å². The van der Waals surface area contributed by atoms with Crippen LogP contribution in [0, 0.1) is 6.92 Å². The fourth-order valence-electron chi connectivity index (χ4n) is 3.65. The van der Waals surface area contributed by atoms with Gasteiger partial charge in [-0.3, -0.25) is 19.4 Å². The molecule has 1 saturated heterocycles. The number of ether oxygens (including phenoxy) is 2. The van der Waals surface area contributed by atoms with E-state index in [2.05, 4.69) is 15.7 Å². The summed E-state index contributed by atoms with van der Waals surface area (Å²) >= 11 is 6.09. The van der Waals surface area contributed by atoms with Crippen molar-refractivity contribution in [2.75, 3.05) is 31.0 Å². The zero-order chi connectivity index (χ0) is 23.0. The Morgan fingerprint density at radius 3 is 2.59 bits per heavy atom. The van der Waals surface area contributed by atoms with Gasteiger partial charge in [-0.05, 0) is 36.8 Å². The molecule has 0 unspecified atom stereocenters. The highest BCUT2D eigenvalue weighted by Crippen LogP contribution is 2.36. The molecule has 2 atom stereocenters. The molecule has 1 fully saturated rings. The summed E-state index contributed by atoms with van der Waals surface area (Å²) in [5.41, 5.74) is 1.59. The lowest BCUT2D eigenvalue weighted by atomic mass is 10.1. The molecule has 0 aliphatic carbocycles. The monoisotopic (exact) mass is 457 g/mol. The number of rotatable bonds is 6. The molecule has 166 valence electrons. The smallest absolute Gasteiger partial charge is 0.263 e. The van der Waals surface area contributed by atoms with Crippen LogP contribution in [0.15, 0.2) is 46.7 Å². The molecule has 0 aromatic heterocycles. The van der Waals surface area contributed by atoms with Gasteiger partial charge in [0.2, 0.25) is 5.91 Å². The maximum atomic E-state index is 13.1. The summed E-state index contributed by atoms with van der Waals surface area (Å²) in [7, 11) is 2.95. The van der Waals surface area contributed by atoms with Gasteiger partial charge in [-0.25, -0.2) is 4.90 Å². The molecule has 10 nitrogen and oxygen atoms in total. The highest BCUT2D eigenvalue weighted by atomic mass is 35.5. The predicted octanol–water partition coefficient (Wildman–Crippen LogP) is 2.60. The minimum absolute atomic E-state index is 0.255. The van der Waals surface area contributed by atoms with E-state index in [9.17, 15) is 14.4 Å². The summed E-state index contributed by atoms with van der Waals surface area (Å²) < 4.78 is 10.5. The van der Waals surface area contributed by atoms with E-state index in [1.165, 1.54) is 25.3 Å².